The van der Waals surface area contributed by atoms with Crippen LogP contribution in [0.5, 0.6) is 0 Å². The van der Waals surface area contributed by atoms with E-state index in [1.807, 2.05) is 57.4 Å². The average Bonchev–Trinajstić information content (AvgIpc) is 3.01. The van der Waals surface area contributed by atoms with Crippen LogP contribution in [-0.2, 0) is 20.4 Å². The van der Waals surface area contributed by atoms with Crippen LogP contribution in [-0.4, -0.2) is 38.0 Å². The van der Waals surface area contributed by atoms with E-state index in [1.165, 1.54) is 0 Å². The monoisotopic (exact) mass is 418 g/mol. The lowest BCUT2D eigenvalue weighted by Crippen LogP contribution is -2.50. The summed E-state index contributed by atoms with van der Waals surface area (Å²) >= 11 is 0. The summed E-state index contributed by atoms with van der Waals surface area (Å²) in [6, 6.07) is 7.06. The van der Waals surface area contributed by atoms with Crippen molar-refractivity contribution in [2.75, 3.05) is 6.61 Å². The average molecular weight is 419 g/mol. The van der Waals surface area contributed by atoms with Crippen molar-refractivity contribution in [1.29, 1.82) is 0 Å². The van der Waals surface area contributed by atoms with Gasteiger partial charge in [0.25, 0.3) is 8.32 Å². The molecule has 2 rings (SSSR count). The Morgan fingerprint density at radius 3 is 2.45 bits per heavy atom. The predicted octanol–water partition coefficient (Wildman–Crippen LogP) is 5.01. The third-order valence-electron chi connectivity index (χ3n) is 5.39. The number of aromatic amines is 1. The molecule has 6 nitrogen and oxygen atoms in total. The molecule has 0 spiro atoms. The second-order valence-corrected chi connectivity index (χ2v) is 14.2. The third kappa shape index (κ3) is 6.10. The Hall–Kier alpha value is -2.28. The lowest BCUT2D eigenvalue weighted by Gasteiger charge is -2.36. The molecule has 7 heteroatoms. The van der Waals surface area contributed by atoms with Crippen LogP contribution in [0, 0.1) is 5.92 Å². The first-order valence-electron chi connectivity index (χ1n) is 10.1. The van der Waals surface area contributed by atoms with Crippen molar-refractivity contribution in [1.82, 2.24) is 10.3 Å². The van der Waals surface area contributed by atoms with Crippen LogP contribution in [0.2, 0.25) is 18.1 Å². The molecule has 1 amide bonds. The van der Waals surface area contributed by atoms with Gasteiger partial charge in [0.2, 0.25) is 0 Å². The Balaban J connectivity index is 2.23. The summed E-state index contributed by atoms with van der Waals surface area (Å²) in [5, 5.41) is 3.63. The molecule has 0 bridgehead atoms. The molecule has 1 unspecified atom stereocenters. The van der Waals surface area contributed by atoms with Crippen LogP contribution in [0.1, 0.15) is 40.2 Å². The van der Waals surface area contributed by atoms with Crippen LogP contribution in [0.3, 0.4) is 0 Å². The summed E-state index contributed by atoms with van der Waals surface area (Å²) in [5.41, 5.74) is 1.93. The lowest BCUT2D eigenvalue weighted by atomic mass is 10.1. The van der Waals surface area contributed by atoms with E-state index >= 15 is 0 Å². The molecule has 0 aliphatic heterocycles. The van der Waals surface area contributed by atoms with Crippen LogP contribution in [0.15, 0.2) is 30.5 Å². The summed E-state index contributed by atoms with van der Waals surface area (Å²) in [6.45, 7) is 14.5. The van der Waals surface area contributed by atoms with Crippen molar-refractivity contribution in [2.45, 2.75) is 65.2 Å². The molecule has 2 aromatic rings. The highest BCUT2D eigenvalue weighted by Crippen LogP contribution is 2.37. The fraction of sp³-hybridized carbons (Fsp3) is 0.545. The Morgan fingerprint density at radius 2 is 1.83 bits per heavy atom. The highest BCUT2D eigenvalue weighted by molar-refractivity contribution is 6.75. The van der Waals surface area contributed by atoms with Gasteiger partial charge in [-0.3, -0.25) is 4.79 Å². The van der Waals surface area contributed by atoms with Gasteiger partial charge >= 0.3 is 12.1 Å². The molecule has 160 valence electrons. The number of amides is 1. The zero-order chi connectivity index (χ0) is 21.8. The summed E-state index contributed by atoms with van der Waals surface area (Å²) in [6.07, 6.45) is 1.60. The van der Waals surface area contributed by atoms with E-state index < -0.39 is 26.4 Å². The minimum absolute atomic E-state index is 0.119. The van der Waals surface area contributed by atoms with E-state index in [0.29, 0.717) is 13.0 Å². The molecule has 1 atom stereocenters. The SMILES string of the molecule is CC(C)COC(=O)NC(Cc1c[nH]c2ccccc12)C(=O)O[Si](C)(C)C(C)(C)C. The summed E-state index contributed by atoms with van der Waals surface area (Å²) in [4.78, 5) is 28.6. The zero-order valence-electron chi connectivity index (χ0n) is 18.6. The van der Waals surface area contributed by atoms with Crippen molar-refractivity contribution in [3.63, 3.8) is 0 Å². The predicted molar refractivity (Wildman–Crippen MR) is 118 cm³/mol. The van der Waals surface area contributed by atoms with Gasteiger partial charge in [-0.2, -0.15) is 0 Å². The Bertz CT molecular complexity index is 852. The molecule has 0 saturated heterocycles. The lowest BCUT2D eigenvalue weighted by molar-refractivity contribution is -0.137. The number of hydrogen-bond donors (Lipinski definition) is 2. The van der Waals surface area contributed by atoms with E-state index in [2.05, 4.69) is 31.1 Å². The molecule has 2 N–H and O–H groups in total. The van der Waals surface area contributed by atoms with Gasteiger partial charge in [-0.1, -0.05) is 52.8 Å². The summed E-state index contributed by atoms with van der Waals surface area (Å²) in [5.74, 6) is -0.199. The van der Waals surface area contributed by atoms with Gasteiger partial charge in [0.1, 0.15) is 6.04 Å². The number of benzene rings is 1. The molecule has 1 aromatic heterocycles. The number of H-pyrrole nitrogens is 1. The van der Waals surface area contributed by atoms with Gasteiger partial charge in [-0.25, -0.2) is 4.79 Å². The highest BCUT2D eigenvalue weighted by Gasteiger charge is 2.42. The largest absolute Gasteiger partial charge is 0.518 e. The highest BCUT2D eigenvalue weighted by atomic mass is 28.4. The number of nitrogens with one attached hydrogen (secondary N) is 2. The minimum Gasteiger partial charge on any atom is -0.518 e. The maximum atomic E-state index is 13.1. The second-order valence-electron chi connectivity index (χ2n) is 9.43. The fourth-order valence-corrected chi connectivity index (χ4v) is 3.57. The number of hydrogen-bond acceptors (Lipinski definition) is 4. The van der Waals surface area contributed by atoms with E-state index in [0.717, 1.165) is 16.5 Å². The molecule has 1 heterocycles. The van der Waals surface area contributed by atoms with E-state index in [-0.39, 0.29) is 11.0 Å². The van der Waals surface area contributed by atoms with Gasteiger partial charge in [0.15, 0.2) is 0 Å². The first-order chi connectivity index (χ1) is 13.4. The molecule has 0 fully saturated rings. The maximum absolute atomic E-state index is 13.1. The number of rotatable bonds is 7. The van der Waals surface area contributed by atoms with Gasteiger partial charge in [-0.15, -0.1) is 0 Å². The van der Waals surface area contributed by atoms with Crippen LogP contribution >= 0.6 is 0 Å². The molecular weight excluding hydrogens is 384 g/mol. The third-order valence-corrected chi connectivity index (χ3v) is 9.71. The van der Waals surface area contributed by atoms with E-state index in [1.54, 1.807) is 0 Å². The molecule has 0 radical (unpaired) electrons. The van der Waals surface area contributed by atoms with Crippen LogP contribution in [0.25, 0.3) is 10.9 Å². The summed E-state index contributed by atoms with van der Waals surface area (Å²) in [7, 11) is -2.32. The number of carbonyl (C=O) groups excluding carboxylic acids is 2. The van der Waals surface area contributed by atoms with Gasteiger partial charge in [0.05, 0.1) is 6.61 Å². The number of aromatic nitrogens is 1. The van der Waals surface area contributed by atoms with Crippen molar-refractivity contribution in [3.05, 3.63) is 36.0 Å². The molecule has 0 aliphatic rings. The quantitative estimate of drug-likeness (QED) is 0.619. The standard InChI is InChI=1S/C22H34N2O4Si/c1-15(2)14-27-21(26)24-19(20(25)28-29(6,7)22(3,4)5)12-16-13-23-18-11-9-8-10-17(16)18/h8-11,13,15,19,23H,12,14H2,1-7H3,(H,24,26). The molecule has 1 aromatic carbocycles. The first kappa shape index (κ1) is 23.0. The first-order valence-corrected chi connectivity index (χ1v) is 13.0. The zero-order valence-corrected chi connectivity index (χ0v) is 19.6. The summed E-state index contributed by atoms with van der Waals surface area (Å²) < 4.78 is 11.2. The smallest absolute Gasteiger partial charge is 0.407 e. The topological polar surface area (TPSA) is 80.4 Å². The van der Waals surface area contributed by atoms with Crippen molar-refractivity contribution < 1.29 is 18.8 Å². The van der Waals surface area contributed by atoms with Crippen molar-refractivity contribution in [2.24, 2.45) is 5.92 Å². The Kier molecular flexibility index (Phi) is 7.16. The van der Waals surface area contributed by atoms with E-state index in [4.69, 9.17) is 9.16 Å². The molecule has 29 heavy (non-hydrogen) atoms. The molecular formula is C22H34N2O4Si. The van der Waals surface area contributed by atoms with Gasteiger partial charge < -0.3 is 19.5 Å². The molecule has 0 saturated carbocycles. The van der Waals surface area contributed by atoms with Crippen LogP contribution in [0.4, 0.5) is 4.79 Å². The number of para-hydroxylation sites is 1. The number of carbonyl (C=O) groups is 2. The van der Waals surface area contributed by atoms with Gasteiger partial charge in [0, 0.05) is 23.5 Å². The normalized spacial score (nSPS) is 13.4. The van der Waals surface area contributed by atoms with Crippen LogP contribution < -0.4 is 5.32 Å². The molecule has 0 aliphatic carbocycles. The fourth-order valence-electron chi connectivity index (χ4n) is 2.62. The van der Waals surface area contributed by atoms with Crippen molar-refractivity contribution in [3.8, 4) is 0 Å². The Morgan fingerprint density at radius 1 is 1.17 bits per heavy atom. The Labute approximate surface area is 174 Å². The maximum Gasteiger partial charge on any atom is 0.407 e. The van der Waals surface area contributed by atoms with E-state index in [9.17, 15) is 9.59 Å². The van der Waals surface area contributed by atoms with Crippen molar-refractivity contribution >= 4 is 31.3 Å². The minimum atomic E-state index is -2.32. The number of fused-ring (bicyclic) bond motifs is 1. The van der Waals surface area contributed by atoms with Gasteiger partial charge in [-0.05, 0) is 35.7 Å². The number of alkyl carbamates (subject to hydrolysis) is 1. The number of ether oxygens (including phenoxy) is 1. The second kappa shape index (κ2) is 9.03.